The highest BCUT2D eigenvalue weighted by Gasteiger charge is 2.09. The van der Waals surface area contributed by atoms with Gasteiger partial charge in [0.2, 0.25) is 0 Å². The number of hydrogen-bond donors (Lipinski definition) is 2. The van der Waals surface area contributed by atoms with Gasteiger partial charge in [-0.3, -0.25) is 4.99 Å². The van der Waals surface area contributed by atoms with E-state index in [1.54, 1.807) is 7.05 Å². The average molecular weight is 541 g/mol. The first-order valence-corrected chi connectivity index (χ1v) is 10.3. The smallest absolute Gasteiger partial charge is 0.191 e. The summed E-state index contributed by atoms with van der Waals surface area (Å²) in [5, 5.41) is 16.0. The second kappa shape index (κ2) is 10.9. The van der Waals surface area contributed by atoms with Crippen LogP contribution in [0.4, 0.5) is 0 Å². The normalized spacial score (nSPS) is 11.2. The zero-order chi connectivity index (χ0) is 21.6. The summed E-state index contributed by atoms with van der Waals surface area (Å²) in [6, 6.07) is 22.4. The molecule has 0 bridgehead atoms. The molecule has 4 aromatic rings. The maximum atomic E-state index is 4.63. The van der Waals surface area contributed by atoms with E-state index in [2.05, 4.69) is 50.9 Å². The number of nitrogens with one attached hydrogen (secondary N) is 2. The van der Waals surface area contributed by atoms with Crippen LogP contribution in [-0.2, 0) is 13.1 Å². The highest BCUT2D eigenvalue weighted by Crippen LogP contribution is 2.17. The Bertz CT molecular complexity index is 1180. The molecule has 32 heavy (non-hydrogen) atoms. The van der Waals surface area contributed by atoms with Gasteiger partial charge in [0.15, 0.2) is 5.96 Å². The van der Waals surface area contributed by atoms with Crippen LogP contribution in [0.25, 0.3) is 11.4 Å². The van der Waals surface area contributed by atoms with Gasteiger partial charge in [0.25, 0.3) is 0 Å². The van der Waals surface area contributed by atoms with E-state index in [1.807, 2.05) is 71.0 Å². The molecule has 0 radical (unpaired) electrons. The molecule has 8 heteroatoms. The van der Waals surface area contributed by atoms with E-state index in [0.29, 0.717) is 13.1 Å². The molecule has 0 amide bonds. The summed E-state index contributed by atoms with van der Waals surface area (Å²) in [6.07, 6.45) is 1.97. The molecule has 4 rings (SSSR count). The second-order valence-corrected chi connectivity index (χ2v) is 7.33. The first-order valence-electron chi connectivity index (χ1n) is 10.3. The van der Waals surface area contributed by atoms with Crippen LogP contribution in [0.1, 0.15) is 22.6 Å². The number of guanidine groups is 1. The summed E-state index contributed by atoms with van der Waals surface area (Å²) in [6.45, 7) is 5.29. The fourth-order valence-corrected chi connectivity index (χ4v) is 3.49. The minimum absolute atomic E-state index is 0. The van der Waals surface area contributed by atoms with Crippen molar-refractivity contribution in [2.75, 3.05) is 7.05 Å². The molecule has 0 aliphatic carbocycles. The number of aliphatic imine (C=N–C) groups is 1. The highest BCUT2D eigenvalue weighted by molar-refractivity contribution is 14.0. The van der Waals surface area contributed by atoms with Crippen LogP contribution in [0.15, 0.2) is 77.9 Å². The number of hydrogen-bond acceptors (Lipinski definition) is 3. The molecule has 2 heterocycles. The number of benzene rings is 2. The molecule has 0 aliphatic heterocycles. The standard InChI is InChI=1S/C24H27N7.HI/c1-18-15-19(2)31(28-18)23-12-8-7-9-20(23)16-26-24(25-3)27-17-21-13-14-30(29-21)22-10-5-4-6-11-22;/h4-15H,16-17H2,1-3H3,(H2,25,26,27);1H. The summed E-state index contributed by atoms with van der Waals surface area (Å²) < 4.78 is 3.86. The minimum Gasteiger partial charge on any atom is -0.352 e. The van der Waals surface area contributed by atoms with Crippen LogP contribution in [-0.4, -0.2) is 32.6 Å². The molecule has 2 aromatic heterocycles. The van der Waals surface area contributed by atoms with E-state index < -0.39 is 0 Å². The topological polar surface area (TPSA) is 72.1 Å². The molecule has 7 nitrogen and oxygen atoms in total. The van der Waals surface area contributed by atoms with Gasteiger partial charge in [-0.2, -0.15) is 10.2 Å². The first kappa shape index (κ1) is 23.5. The van der Waals surface area contributed by atoms with Crippen LogP contribution in [0.5, 0.6) is 0 Å². The fourth-order valence-electron chi connectivity index (χ4n) is 3.49. The summed E-state index contributed by atoms with van der Waals surface area (Å²) in [4.78, 5) is 4.34. The number of aryl methyl sites for hydroxylation is 2. The van der Waals surface area contributed by atoms with Crippen LogP contribution >= 0.6 is 24.0 Å². The van der Waals surface area contributed by atoms with Crippen LogP contribution < -0.4 is 10.6 Å². The summed E-state index contributed by atoms with van der Waals surface area (Å²) >= 11 is 0. The van der Waals surface area contributed by atoms with Gasteiger partial charge in [-0.05, 0) is 49.7 Å². The molecule has 0 saturated carbocycles. The third-order valence-corrected chi connectivity index (χ3v) is 5.00. The average Bonchev–Trinajstić information content (AvgIpc) is 3.40. The predicted octanol–water partition coefficient (Wildman–Crippen LogP) is 4.16. The quantitative estimate of drug-likeness (QED) is 0.219. The summed E-state index contributed by atoms with van der Waals surface area (Å²) in [5.74, 6) is 0.720. The lowest BCUT2D eigenvalue weighted by molar-refractivity contribution is 0.760. The zero-order valence-corrected chi connectivity index (χ0v) is 20.8. The molecule has 0 atom stereocenters. The van der Waals surface area contributed by atoms with E-state index in [-0.39, 0.29) is 24.0 Å². The van der Waals surface area contributed by atoms with Gasteiger partial charge in [-0.1, -0.05) is 36.4 Å². The van der Waals surface area contributed by atoms with Gasteiger partial charge < -0.3 is 10.6 Å². The third kappa shape index (κ3) is 5.56. The van der Waals surface area contributed by atoms with Gasteiger partial charge >= 0.3 is 0 Å². The Labute approximate surface area is 205 Å². The van der Waals surface area contributed by atoms with Gasteiger partial charge in [0.05, 0.1) is 29.3 Å². The van der Waals surface area contributed by atoms with Crippen molar-refractivity contribution in [1.82, 2.24) is 30.2 Å². The summed E-state index contributed by atoms with van der Waals surface area (Å²) in [5.41, 5.74) is 6.31. The van der Waals surface area contributed by atoms with Gasteiger partial charge in [-0.25, -0.2) is 9.36 Å². The second-order valence-electron chi connectivity index (χ2n) is 7.33. The molecule has 2 aromatic carbocycles. The molecule has 166 valence electrons. The zero-order valence-electron chi connectivity index (χ0n) is 18.5. The van der Waals surface area contributed by atoms with Crippen LogP contribution in [0.3, 0.4) is 0 Å². The van der Waals surface area contributed by atoms with Gasteiger partial charge in [0.1, 0.15) is 0 Å². The highest BCUT2D eigenvalue weighted by atomic mass is 127. The molecule has 0 spiro atoms. The van der Waals surface area contributed by atoms with Crippen molar-refractivity contribution in [1.29, 1.82) is 0 Å². The van der Waals surface area contributed by atoms with Crippen molar-refractivity contribution in [2.24, 2.45) is 4.99 Å². The molecule has 2 N–H and O–H groups in total. The Balaban J connectivity index is 0.00000289. The van der Waals surface area contributed by atoms with Crippen molar-refractivity contribution >= 4 is 29.9 Å². The minimum atomic E-state index is 0. The lowest BCUT2D eigenvalue weighted by Gasteiger charge is -2.14. The van der Waals surface area contributed by atoms with Crippen molar-refractivity contribution < 1.29 is 0 Å². The van der Waals surface area contributed by atoms with Crippen molar-refractivity contribution in [2.45, 2.75) is 26.9 Å². The maximum absolute atomic E-state index is 4.63. The lowest BCUT2D eigenvalue weighted by Crippen LogP contribution is -2.36. The SMILES string of the molecule is CN=C(NCc1ccn(-c2ccccc2)n1)NCc1ccccc1-n1nc(C)cc1C.I. The van der Waals surface area contributed by atoms with Crippen LogP contribution in [0, 0.1) is 13.8 Å². The van der Waals surface area contributed by atoms with E-state index in [0.717, 1.165) is 40.0 Å². The Morgan fingerprint density at radius 1 is 0.906 bits per heavy atom. The van der Waals surface area contributed by atoms with Gasteiger partial charge in [-0.15, -0.1) is 24.0 Å². The van der Waals surface area contributed by atoms with Crippen LogP contribution in [0.2, 0.25) is 0 Å². The number of nitrogens with zero attached hydrogens (tertiary/aromatic N) is 5. The number of para-hydroxylation sites is 2. The Hall–Kier alpha value is -3.14. The predicted molar refractivity (Wildman–Crippen MR) is 139 cm³/mol. The number of aromatic nitrogens is 4. The molecular formula is C24H28IN7. The van der Waals surface area contributed by atoms with Gasteiger partial charge in [0, 0.05) is 25.5 Å². The van der Waals surface area contributed by atoms with Crippen molar-refractivity contribution in [3.05, 3.63) is 95.6 Å². The van der Waals surface area contributed by atoms with Crippen molar-refractivity contribution in [3.63, 3.8) is 0 Å². The molecule has 0 aliphatic rings. The number of rotatable bonds is 6. The maximum Gasteiger partial charge on any atom is 0.191 e. The Morgan fingerprint density at radius 2 is 1.62 bits per heavy atom. The monoisotopic (exact) mass is 541 g/mol. The van der Waals surface area contributed by atoms with E-state index in [9.17, 15) is 0 Å². The molecule has 0 fully saturated rings. The lowest BCUT2D eigenvalue weighted by atomic mass is 10.1. The fraction of sp³-hybridized carbons (Fsp3) is 0.208. The Kier molecular flexibility index (Phi) is 8.04. The van der Waals surface area contributed by atoms with E-state index in [1.165, 1.54) is 0 Å². The molecular weight excluding hydrogens is 513 g/mol. The van der Waals surface area contributed by atoms with E-state index >= 15 is 0 Å². The van der Waals surface area contributed by atoms with Crippen molar-refractivity contribution in [3.8, 4) is 11.4 Å². The Morgan fingerprint density at radius 3 is 2.34 bits per heavy atom. The molecule has 0 saturated heterocycles. The summed E-state index contributed by atoms with van der Waals surface area (Å²) in [7, 11) is 1.77. The van der Waals surface area contributed by atoms with E-state index in [4.69, 9.17) is 0 Å². The first-order chi connectivity index (χ1) is 15.1. The molecule has 0 unspecified atom stereocenters. The largest absolute Gasteiger partial charge is 0.352 e. The number of halogens is 1. The third-order valence-electron chi connectivity index (χ3n) is 5.00.